The van der Waals surface area contributed by atoms with Crippen LogP contribution in [0.5, 0.6) is 0 Å². The van der Waals surface area contributed by atoms with Gasteiger partial charge in [0.25, 0.3) is 0 Å². The molecule has 2 nitrogen and oxygen atoms in total. The van der Waals surface area contributed by atoms with Gasteiger partial charge in [-0.3, -0.25) is 4.21 Å². The minimum absolute atomic E-state index is 0.397. The molecule has 1 N–H and O–H groups in total. The number of hydrogen-bond donors (Lipinski definition) is 1. The quantitative estimate of drug-likeness (QED) is 0.755. The van der Waals surface area contributed by atoms with Gasteiger partial charge in [0.2, 0.25) is 0 Å². The van der Waals surface area contributed by atoms with Crippen LogP contribution in [0.1, 0.15) is 52.4 Å². The lowest BCUT2D eigenvalue weighted by atomic mass is 9.98. The molecule has 0 spiro atoms. The zero-order chi connectivity index (χ0) is 12.0. The van der Waals surface area contributed by atoms with Gasteiger partial charge in [-0.2, -0.15) is 0 Å². The van der Waals surface area contributed by atoms with Crippen LogP contribution < -0.4 is 5.32 Å². The van der Waals surface area contributed by atoms with Crippen molar-refractivity contribution in [2.75, 3.05) is 12.0 Å². The third-order valence-electron chi connectivity index (χ3n) is 3.67. The molecule has 1 saturated carbocycles. The molecule has 0 aliphatic heterocycles. The first kappa shape index (κ1) is 14.2. The smallest absolute Gasteiger partial charge is 0.0383 e. The van der Waals surface area contributed by atoms with Crippen LogP contribution in [0, 0.1) is 5.92 Å². The van der Waals surface area contributed by atoms with E-state index in [1.54, 1.807) is 6.26 Å². The average molecular weight is 245 g/mol. The van der Waals surface area contributed by atoms with Crippen molar-refractivity contribution < 1.29 is 4.21 Å². The predicted molar refractivity (Wildman–Crippen MR) is 72.2 cm³/mol. The molecule has 0 amide bonds. The van der Waals surface area contributed by atoms with Gasteiger partial charge in [-0.05, 0) is 32.1 Å². The molecule has 4 atom stereocenters. The second-order valence-electron chi connectivity index (χ2n) is 5.29. The lowest BCUT2D eigenvalue weighted by Gasteiger charge is -2.21. The third-order valence-corrected chi connectivity index (χ3v) is 4.64. The van der Waals surface area contributed by atoms with Gasteiger partial charge >= 0.3 is 0 Å². The van der Waals surface area contributed by atoms with Crippen molar-refractivity contribution in [3.8, 4) is 0 Å². The highest BCUT2D eigenvalue weighted by Gasteiger charge is 2.19. The summed E-state index contributed by atoms with van der Waals surface area (Å²) < 4.78 is 11.1. The van der Waals surface area contributed by atoms with Crippen molar-refractivity contribution >= 4 is 10.8 Å². The van der Waals surface area contributed by atoms with Crippen molar-refractivity contribution in [1.82, 2.24) is 5.32 Å². The number of rotatable bonds is 5. The molecule has 96 valence electrons. The fourth-order valence-electron chi connectivity index (χ4n) is 2.76. The SMILES string of the molecule is CCC1CCCC(NC(C)CS(C)=O)CC1. The molecular weight excluding hydrogens is 218 g/mol. The summed E-state index contributed by atoms with van der Waals surface area (Å²) in [5.41, 5.74) is 0. The molecule has 4 unspecified atom stereocenters. The summed E-state index contributed by atoms with van der Waals surface area (Å²) in [5, 5.41) is 3.64. The Hall–Kier alpha value is 0.110. The normalized spacial score (nSPS) is 30.7. The lowest BCUT2D eigenvalue weighted by molar-refractivity contribution is 0.407. The number of nitrogens with one attached hydrogen (secondary N) is 1. The highest BCUT2D eigenvalue weighted by molar-refractivity contribution is 7.84. The standard InChI is InChI=1S/C13H27NOS/c1-4-12-6-5-7-13(9-8-12)14-11(2)10-16(3)15/h11-14H,4-10H2,1-3H3. The van der Waals surface area contributed by atoms with Crippen LogP contribution in [-0.4, -0.2) is 28.3 Å². The van der Waals surface area contributed by atoms with E-state index < -0.39 is 10.8 Å². The van der Waals surface area contributed by atoms with E-state index in [-0.39, 0.29) is 0 Å². The highest BCUT2D eigenvalue weighted by atomic mass is 32.2. The molecule has 0 saturated heterocycles. The average Bonchev–Trinajstić information content (AvgIpc) is 2.41. The molecule has 0 bridgehead atoms. The molecule has 0 radical (unpaired) electrons. The fraction of sp³-hybridized carbons (Fsp3) is 1.00. The van der Waals surface area contributed by atoms with Crippen molar-refractivity contribution in [3.05, 3.63) is 0 Å². The van der Waals surface area contributed by atoms with Gasteiger partial charge < -0.3 is 5.32 Å². The van der Waals surface area contributed by atoms with E-state index in [1.165, 1.54) is 38.5 Å². The maximum atomic E-state index is 11.1. The summed E-state index contributed by atoms with van der Waals surface area (Å²) in [5.74, 6) is 1.73. The Balaban J connectivity index is 2.29. The van der Waals surface area contributed by atoms with Gasteiger partial charge in [0, 0.05) is 34.9 Å². The monoisotopic (exact) mass is 245 g/mol. The van der Waals surface area contributed by atoms with E-state index in [9.17, 15) is 4.21 Å². The Morgan fingerprint density at radius 2 is 2.06 bits per heavy atom. The van der Waals surface area contributed by atoms with Crippen molar-refractivity contribution in [3.63, 3.8) is 0 Å². The van der Waals surface area contributed by atoms with Crippen LogP contribution in [0.3, 0.4) is 0 Å². The van der Waals surface area contributed by atoms with E-state index in [4.69, 9.17) is 0 Å². The zero-order valence-corrected chi connectivity index (χ0v) is 11.8. The Morgan fingerprint density at radius 3 is 2.69 bits per heavy atom. The van der Waals surface area contributed by atoms with E-state index in [0.717, 1.165) is 11.7 Å². The van der Waals surface area contributed by atoms with E-state index in [1.807, 2.05) is 0 Å². The highest BCUT2D eigenvalue weighted by Crippen LogP contribution is 2.25. The number of hydrogen-bond acceptors (Lipinski definition) is 2. The minimum atomic E-state index is -0.675. The summed E-state index contributed by atoms with van der Waals surface area (Å²) in [7, 11) is -0.675. The van der Waals surface area contributed by atoms with Crippen molar-refractivity contribution in [2.24, 2.45) is 5.92 Å². The van der Waals surface area contributed by atoms with Gasteiger partial charge in [0.1, 0.15) is 0 Å². The molecule has 0 aromatic heterocycles. The molecule has 1 fully saturated rings. The Labute approximate surface area is 103 Å². The molecule has 0 aromatic carbocycles. The minimum Gasteiger partial charge on any atom is -0.311 e. The summed E-state index contributed by atoms with van der Waals surface area (Å²) in [6.45, 7) is 4.46. The largest absolute Gasteiger partial charge is 0.311 e. The fourth-order valence-corrected chi connectivity index (χ4v) is 3.56. The van der Waals surface area contributed by atoms with Crippen molar-refractivity contribution in [1.29, 1.82) is 0 Å². The molecule has 1 rings (SSSR count). The van der Waals surface area contributed by atoms with E-state index in [0.29, 0.717) is 12.1 Å². The molecule has 3 heteroatoms. The first-order valence-corrected chi connectivity index (χ1v) is 8.40. The maximum absolute atomic E-state index is 11.1. The van der Waals surface area contributed by atoms with Gasteiger partial charge in [-0.1, -0.05) is 26.2 Å². The van der Waals surface area contributed by atoms with Gasteiger partial charge in [0.05, 0.1) is 0 Å². The second kappa shape index (κ2) is 7.44. The first-order chi connectivity index (χ1) is 7.61. The molecular formula is C13H27NOS. The van der Waals surface area contributed by atoms with Crippen LogP contribution in [0.2, 0.25) is 0 Å². The second-order valence-corrected chi connectivity index (χ2v) is 6.77. The first-order valence-electron chi connectivity index (χ1n) is 6.67. The van der Waals surface area contributed by atoms with E-state index in [2.05, 4.69) is 19.2 Å². The van der Waals surface area contributed by atoms with E-state index >= 15 is 0 Å². The summed E-state index contributed by atoms with van der Waals surface area (Å²) in [6.07, 6.45) is 9.87. The summed E-state index contributed by atoms with van der Waals surface area (Å²) in [4.78, 5) is 0. The Morgan fingerprint density at radius 1 is 1.31 bits per heavy atom. The third kappa shape index (κ3) is 5.44. The maximum Gasteiger partial charge on any atom is 0.0383 e. The van der Waals surface area contributed by atoms with Crippen LogP contribution in [0.4, 0.5) is 0 Å². The van der Waals surface area contributed by atoms with Gasteiger partial charge in [0.15, 0.2) is 0 Å². The molecule has 16 heavy (non-hydrogen) atoms. The Kier molecular flexibility index (Phi) is 6.59. The van der Waals surface area contributed by atoms with Crippen LogP contribution in [-0.2, 0) is 10.8 Å². The zero-order valence-electron chi connectivity index (χ0n) is 11.0. The van der Waals surface area contributed by atoms with Gasteiger partial charge in [-0.15, -0.1) is 0 Å². The van der Waals surface area contributed by atoms with Crippen LogP contribution in [0.25, 0.3) is 0 Å². The van der Waals surface area contributed by atoms with Crippen LogP contribution >= 0.6 is 0 Å². The Bertz CT molecular complexity index is 220. The molecule has 1 aliphatic rings. The van der Waals surface area contributed by atoms with Crippen molar-refractivity contribution in [2.45, 2.75) is 64.5 Å². The molecule has 0 aromatic rings. The molecule has 0 heterocycles. The van der Waals surface area contributed by atoms with Crippen LogP contribution in [0.15, 0.2) is 0 Å². The lowest BCUT2D eigenvalue weighted by Crippen LogP contribution is -2.39. The topological polar surface area (TPSA) is 29.1 Å². The summed E-state index contributed by atoms with van der Waals surface area (Å²) >= 11 is 0. The predicted octanol–water partition coefficient (Wildman–Crippen LogP) is 2.70. The summed E-state index contributed by atoms with van der Waals surface area (Å²) in [6, 6.07) is 1.06. The van der Waals surface area contributed by atoms with Gasteiger partial charge in [-0.25, -0.2) is 0 Å². The molecule has 1 aliphatic carbocycles.